The number of carbonyl (C=O) groups is 1. The molecule has 8 heteroatoms. The van der Waals surface area contributed by atoms with E-state index >= 15 is 0 Å². The molecule has 0 aliphatic carbocycles. The van der Waals surface area contributed by atoms with Gasteiger partial charge in [0.25, 0.3) is 11.6 Å². The highest BCUT2D eigenvalue weighted by Crippen LogP contribution is 2.19. The first kappa shape index (κ1) is 16.3. The Bertz CT molecular complexity index is 547. The number of hydrogen-bond acceptors (Lipinski definition) is 5. The molecule has 0 atom stereocenters. The van der Waals surface area contributed by atoms with Gasteiger partial charge in [-0.3, -0.25) is 19.8 Å². The van der Waals surface area contributed by atoms with Crippen molar-refractivity contribution in [3.05, 3.63) is 39.7 Å². The molecule has 1 saturated heterocycles. The molecule has 1 aliphatic heterocycles. The minimum absolute atomic E-state index is 0.127. The zero-order chi connectivity index (χ0) is 15.9. The normalized spacial score (nSPS) is 15.5. The van der Waals surface area contributed by atoms with Crippen LogP contribution in [0.15, 0.2) is 18.2 Å². The summed E-state index contributed by atoms with van der Waals surface area (Å²) in [5.74, 6) is -1.30. The van der Waals surface area contributed by atoms with Gasteiger partial charge in [-0.15, -0.1) is 0 Å². The first-order valence-electron chi connectivity index (χ1n) is 7.10. The maximum atomic E-state index is 13.0. The van der Waals surface area contributed by atoms with Crippen LogP contribution in [0.1, 0.15) is 16.8 Å². The lowest BCUT2D eigenvalue weighted by atomic mass is 10.1. The maximum Gasteiger partial charge on any atom is 0.285 e. The highest BCUT2D eigenvalue weighted by atomic mass is 19.1. The fourth-order valence-electron chi connectivity index (χ4n) is 2.27. The van der Waals surface area contributed by atoms with Crippen molar-refractivity contribution in [3.63, 3.8) is 0 Å². The summed E-state index contributed by atoms with van der Waals surface area (Å²) in [6.07, 6.45) is 0.737. The molecular formula is C14H18FN3O4. The number of nitro groups is 1. The number of amides is 1. The van der Waals surface area contributed by atoms with Gasteiger partial charge in [0.05, 0.1) is 24.2 Å². The molecule has 0 spiro atoms. The number of halogens is 1. The standard InChI is InChI=1S/C14H18FN3O4/c15-11-2-3-12(13(10-11)18(20)21)14(19)16-4-1-5-17-6-8-22-9-7-17/h2-3,10H,1,4-9H2,(H,16,19). The maximum absolute atomic E-state index is 13.0. The lowest BCUT2D eigenvalue weighted by Crippen LogP contribution is -2.38. The third-order valence-corrected chi connectivity index (χ3v) is 3.44. The van der Waals surface area contributed by atoms with Crippen LogP contribution in [0.5, 0.6) is 0 Å². The number of nitro benzene ring substituents is 1. The van der Waals surface area contributed by atoms with Crippen molar-refractivity contribution in [2.75, 3.05) is 39.4 Å². The van der Waals surface area contributed by atoms with E-state index in [1.165, 1.54) is 0 Å². The molecule has 0 saturated carbocycles. The summed E-state index contributed by atoms with van der Waals surface area (Å²) in [7, 11) is 0. The van der Waals surface area contributed by atoms with Crippen LogP contribution in [-0.4, -0.2) is 55.1 Å². The van der Waals surface area contributed by atoms with Gasteiger partial charge in [0, 0.05) is 19.6 Å². The molecule has 0 radical (unpaired) electrons. The summed E-state index contributed by atoms with van der Waals surface area (Å²) in [4.78, 5) is 24.3. The molecule has 0 aromatic heterocycles. The van der Waals surface area contributed by atoms with E-state index in [0.29, 0.717) is 19.8 Å². The van der Waals surface area contributed by atoms with Gasteiger partial charge in [0.2, 0.25) is 0 Å². The van der Waals surface area contributed by atoms with Gasteiger partial charge in [-0.25, -0.2) is 4.39 Å². The predicted octanol–water partition coefficient (Wildman–Crippen LogP) is 1.19. The third-order valence-electron chi connectivity index (χ3n) is 3.44. The molecule has 0 bridgehead atoms. The van der Waals surface area contributed by atoms with E-state index in [1.807, 2.05) is 0 Å². The summed E-state index contributed by atoms with van der Waals surface area (Å²) >= 11 is 0. The van der Waals surface area contributed by atoms with Gasteiger partial charge in [-0.1, -0.05) is 0 Å². The number of carbonyl (C=O) groups excluding carboxylic acids is 1. The van der Waals surface area contributed by atoms with E-state index in [2.05, 4.69) is 10.2 Å². The van der Waals surface area contributed by atoms with E-state index in [4.69, 9.17) is 4.74 Å². The Balaban J connectivity index is 1.83. The molecule has 1 aliphatic rings. The molecule has 120 valence electrons. The number of ether oxygens (including phenoxy) is 1. The quantitative estimate of drug-likeness (QED) is 0.484. The summed E-state index contributed by atoms with van der Waals surface area (Å²) in [5, 5.41) is 13.5. The average Bonchev–Trinajstić information content (AvgIpc) is 2.52. The molecule has 22 heavy (non-hydrogen) atoms. The van der Waals surface area contributed by atoms with Crippen LogP contribution in [0, 0.1) is 15.9 Å². The van der Waals surface area contributed by atoms with Crippen LogP contribution in [0.3, 0.4) is 0 Å². The predicted molar refractivity (Wildman–Crippen MR) is 77.3 cm³/mol. The van der Waals surface area contributed by atoms with Crippen LogP contribution in [-0.2, 0) is 4.74 Å². The molecule has 1 fully saturated rings. The second kappa shape index (κ2) is 7.81. The van der Waals surface area contributed by atoms with Crippen molar-refractivity contribution in [3.8, 4) is 0 Å². The minimum atomic E-state index is -0.758. The van der Waals surface area contributed by atoms with E-state index in [0.717, 1.165) is 44.3 Å². The smallest absolute Gasteiger partial charge is 0.285 e. The fourth-order valence-corrected chi connectivity index (χ4v) is 2.27. The average molecular weight is 311 g/mol. The van der Waals surface area contributed by atoms with Crippen molar-refractivity contribution in [2.24, 2.45) is 0 Å². The Morgan fingerprint density at radius 1 is 1.41 bits per heavy atom. The van der Waals surface area contributed by atoms with E-state index in [-0.39, 0.29) is 5.56 Å². The molecule has 1 amide bonds. The zero-order valence-corrected chi connectivity index (χ0v) is 12.1. The topological polar surface area (TPSA) is 84.7 Å². The SMILES string of the molecule is O=C(NCCCN1CCOCC1)c1ccc(F)cc1[N+](=O)[O-]. The minimum Gasteiger partial charge on any atom is -0.379 e. The van der Waals surface area contributed by atoms with Crippen LogP contribution in [0.2, 0.25) is 0 Å². The van der Waals surface area contributed by atoms with Crippen LogP contribution >= 0.6 is 0 Å². The summed E-state index contributed by atoms with van der Waals surface area (Å²) in [5.41, 5.74) is -0.650. The molecule has 1 N–H and O–H groups in total. The van der Waals surface area contributed by atoms with Gasteiger partial charge in [0.15, 0.2) is 0 Å². The van der Waals surface area contributed by atoms with Crippen molar-refractivity contribution in [2.45, 2.75) is 6.42 Å². The third kappa shape index (κ3) is 4.47. The first-order valence-corrected chi connectivity index (χ1v) is 7.10. The van der Waals surface area contributed by atoms with Gasteiger partial charge < -0.3 is 10.1 Å². The molecule has 7 nitrogen and oxygen atoms in total. The van der Waals surface area contributed by atoms with E-state index in [1.54, 1.807) is 0 Å². The number of morpholine rings is 1. The number of nitrogens with one attached hydrogen (secondary N) is 1. The highest BCUT2D eigenvalue weighted by Gasteiger charge is 2.20. The molecule has 1 aromatic rings. The Kier molecular flexibility index (Phi) is 5.79. The van der Waals surface area contributed by atoms with Gasteiger partial charge >= 0.3 is 0 Å². The van der Waals surface area contributed by atoms with Gasteiger partial charge in [-0.05, 0) is 25.1 Å². The van der Waals surface area contributed by atoms with E-state index < -0.39 is 22.3 Å². The van der Waals surface area contributed by atoms with Gasteiger partial charge in [-0.2, -0.15) is 0 Å². The van der Waals surface area contributed by atoms with Crippen LogP contribution < -0.4 is 5.32 Å². The molecular weight excluding hydrogens is 293 g/mol. The summed E-state index contributed by atoms with van der Waals surface area (Å²) in [6, 6.07) is 2.92. The van der Waals surface area contributed by atoms with Crippen LogP contribution in [0.4, 0.5) is 10.1 Å². The Hall–Kier alpha value is -2.06. The number of hydrogen-bond donors (Lipinski definition) is 1. The van der Waals surface area contributed by atoms with E-state index in [9.17, 15) is 19.3 Å². The lowest BCUT2D eigenvalue weighted by molar-refractivity contribution is -0.385. The van der Waals surface area contributed by atoms with Crippen molar-refractivity contribution < 1.29 is 18.8 Å². The lowest BCUT2D eigenvalue weighted by Gasteiger charge is -2.26. The molecule has 1 aromatic carbocycles. The second-order valence-corrected chi connectivity index (χ2v) is 4.98. The first-order chi connectivity index (χ1) is 10.6. The molecule has 1 heterocycles. The zero-order valence-electron chi connectivity index (χ0n) is 12.1. The fraction of sp³-hybridized carbons (Fsp3) is 0.500. The van der Waals surface area contributed by atoms with Gasteiger partial charge in [0.1, 0.15) is 11.4 Å². The number of benzene rings is 1. The monoisotopic (exact) mass is 311 g/mol. The Morgan fingerprint density at radius 2 is 2.14 bits per heavy atom. The molecule has 2 rings (SSSR count). The largest absolute Gasteiger partial charge is 0.379 e. The molecule has 0 unspecified atom stereocenters. The summed E-state index contributed by atoms with van der Waals surface area (Å²) < 4.78 is 18.3. The summed E-state index contributed by atoms with van der Waals surface area (Å²) in [6.45, 7) is 4.41. The highest BCUT2D eigenvalue weighted by molar-refractivity contribution is 5.98. The van der Waals surface area contributed by atoms with Crippen molar-refractivity contribution >= 4 is 11.6 Å². The van der Waals surface area contributed by atoms with Crippen LogP contribution in [0.25, 0.3) is 0 Å². The Morgan fingerprint density at radius 3 is 2.82 bits per heavy atom. The van der Waals surface area contributed by atoms with Crippen molar-refractivity contribution in [1.29, 1.82) is 0 Å². The second-order valence-electron chi connectivity index (χ2n) is 4.98. The Labute approximate surface area is 127 Å². The van der Waals surface area contributed by atoms with Crippen molar-refractivity contribution in [1.82, 2.24) is 10.2 Å². The number of rotatable bonds is 6. The number of nitrogens with zero attached hydrogens (tertiary/aromatic N) is 2.